The lowest BCUT2D eigenvalue weighted by atomic mass is 10.2. The molecule has 13 heavy (non-hydrogen) atoms. The summed E-state index contributed by atoms with van der Waals surface area (Å²) in [7, 11) is 0. The summed E-state index contributed by atoms with van der Waals surface area (Å²) in [4.78, 5) is 6.42. The number of hydrogen-bond acceptors (Lipinski definition) is 2. The van der Waals surface area contributed by atoms with Gasteiger partial charge in [0.05, 0.1) is 0 Å². The molecular formula is C11H12N2. The van der Waals surface area contributed by atoms with Crippen molar-refractivity contribution in [3.05, 3.63) is 48.3 Å². The van der Waals surface area contributed by atoms with Crippen LogP contribution in [0.25, 0.3) is 0 Å². The first-order valence-corrected chi connectivity index (χ1v) is 4.39. The van der Waals surface area contributed by atoms with Gasteiger partial charge in [0.2, 0.25) is 0 Å². The van der Waals surface area contributed by atoms with Crippen LogP contribution in [0.2, 0.25) is 0 Å². The number of allylic oxidation sites excluding steroid dienone is 2. The van der Waals surface area contributed by atoms with Gasteiger partial charge in [-0.05, 0) is 24.6 Å². The molecule has 2 heteroatoms. The molecule has 0 fully saturated rings. The highest BCUT2D eigenvalue weighted by Crippen LogP contribution is 2.14. The summed E-state index contributed by atoms with van der Waals surface area (Å²) in [6.07, 6.45) is 8.20. The van der Waals surface area contributed by atoms with Gasteiger partial charge in [-0.2, -0.15) is 0 Å². The second kappa shape index (κ2) is 3.44. The first-order valence-electron chi connectivity index (χ1n) is 4.39. The fourth-order valence-corrected chi connectivity index (χ4v) is 1.38. The highest BCUT2D eigenvalue weighted by Gasteiger charge is 2.04. The zero-order chi connectivity index (χ0) is 9.10. The molecule has 1 aromatic heterocycles. The Morgan fingerprint density at radius 2 is 2.31 bits per heavy atom. The molecule has 0 saturated heterocycles. The molecule has 0 radical (unpaired) electrons. The van der Waals surface area contributed by atoms with E-state index in [4.69, 9.17) is 0 Å². The number of pyridine rings is 1. The third-order valence-electron chi connectivity index (χ3n) is 1.99. The first kappa shape index (κ1) is 8.05. The van der Waals surface area contributed by atoms with Crippen LogP contribution < -0.4 is 4.90 Å². The molecule has 2 rings (SSSR count). The van der Waals surface area contributed by atoms with E-state index in [0.717, 1.165) is 12.4 Å². The van der Waals surface area contributed by atoms with Crippen LogP contribution in [-0.2, 0) is 0 Å². The van der Waals surface area contributed by atoms with Gasteiger partial charge < -0.3 is 4.90 Å². The maximum absolute atomic E-state index is 4.28. The molecule has 2 nitrogen and oxygen atoms in total. The molecule has 0 bridgehead atoms. The van der Waals surface area contributed by atoms with Crippen molar-refractivity contribution in [1.82, 2.24) is 4.98 Å². The lowest BCUT2D eigenvalue weighted by Gasteiger charge is -2.20. The zero-order valence-electron chi connectivity index (χ0n) is 7.64. The Morgan fingerprint density at radius 1 is 1.38 bits per heavy atom. The van der Waals surface area contributed by atoms with E-state index < -0.39 is 0 Å². The van der Waals surface area contributed by atoms with Gasteiger partial charge in [0, 0.05) is 18.9 Å². The summed E-state index contributed by atoms with van der Waals surface area (Å²) >= 11 is 0. The normalized spacial score (nSPS) is 15.8. The molecule has 1 aliphatic rings. The van der Waals surface area contributed by atoms with E-state index in [-0.39, 0.29) is 0 Å². The standard InChI is InChI=1S/C11H12N2/c1-10-5-4-8-13(9-10)11-6-2-3-7-12-11/h2-7,9H,8H2,1H3. The molecule has 0 amide bonds. The fraction of sp³-hybridized carbons (Fsp3) is 0.182. The van der Waals surface area contributed by atoms with Crippen LogP contribution in [0, 0.1) is 0 Å². The molecule has 0 N–H and O–H groups in total. The Balaban J connectivity index is 2.24. The van der Waals surface area contributed by atoms with Gasteiger partial charge in [0.1, 0.15) is 5.82 Å². The van der Waals surface area contributed by atoms with E-state index in [0.29, 0.717) is 0 Å². The largest absolute Gasteiger partial charge is 0.329 e. The van der Waals surface area contributed by atoms with Gasteiger partial charge in [-0.15, -0.1) is 0 Å². The van der Waals surface area contributed by atoms with Crippen molar-refractivity contribution in [3.63, 3.8) is 0 Å². The molecule has 1 aliphatic heterocycles. The van der Waals surface area contributed by atoms with Gasteiger partial charge in [-0.25, -0.2) is 4.98 Å². The highest BCUT2D eigenvalue weighted by molar-refractivity contribution is 5.46. The molecule has 0 saturated carbocycles. The van der Waals surface area contributed by atoms with Crippen LogP contribution in [0.15, 0.2) is 48.3 Å². The first-order chi connectivity index (χ1) is 6.36. The van der Waals surface area contributed by atoms with Crippen molar-refractivity contribution in [3.8, 4) is 0 Å². The quantitative estimate of drug-likeness (QED) is 0.646. The highest BCUT2D eigenvalue weighted by atomic mass is 15.2. The molecule has 0 aromatic carbocycles. The second-order valence-electron chi connectivity index (χ2n) is 3.12. The summed E-state index contributed by atoms with van der Waals surface area (Å²) in [5.41, 5.74) is 1.26. The van der Waals surface area contributed by atoms with Crippen molar-refractivity contribution in [1.29, 1.82) is 0 Å². The van der Waals surface area contributed by atoms with E-state index in [1.165, 1.54) is 5.57 Å². The van der Waals surface area contributed by atoms with Gasteiger partial charge >= 0.3 is 0 Å². The minimum Gasteiger partial charge on any atom is -0.329 e. The van der Waals surface area contributed by atoms with Crippen LogP contribution in [-0.4, -0.2) is 11.5 Å². The molecule has 0 atom stereocenters. The molecular weight excluding hydrogens is 160 g/mol. The van der Waals surface area contributed by atoms with Crippen LogP contribution >= 0.6 is 0 Å². The lowest BCUT2D eigenvalue weighted by molar-refractivity contribution is 1.01. The lowest BCUT2D eigenvalue weighted by Crippen LogP contribution is -2.19. The number of anilines is 1. The van der Waals surface area contributed by atoms with Gasteiger partial charge in [0.15, 0.2) is 0 Å². The van der Waals surface area contributed by atoms with Crippen LogP contribution in [0.1, 0.15) is 6.92 Å². The van der Waals surface area contributed by atoms with Gasteiger partial charge in [-0.3, -0.25) is 0 Å². The maximum atomic E-state index is 4.28. The van der Waals surface area contributed by atoms with Crippen LogP contribution in [0.3, 0.4) is 0 Å². The SMILES string of the molecule is CC1=CN(c2ccccn2)CC=C1. The van der Waals surface area contributed by atoms with Crippen molar-refractivity contribution >= 4 is 5.82 Å². The predicted molar refractivity (Wildman–Crippen MR) is 54.5 cm³/mol. The minimum absolute atomic E-state index is 0.911. The summed E-state index contributed by atoms with van der Waals surface area (Å²) in [5, 5.41) is 0. The average Bonchev–Trinajstić information content (AvgIpc) is 2.19. The van der Waals surface area contributed by atoms with Crippen LogP contribution in [0.4, 0.5) is 5.82 Å². The maximum Gasteiger partial charge on any atom is 0.132 e. The Labute approximate surface area is 78.2 Å². The molecule has 0 unspecified atom stereocenters. The van der Waals surface area contributed by atoms with E-state index in [9.17, 15) is 0 Å². The molecule has 0 aliphatic carbocycles. The summed E-state index contributed by atoms with van der Waals surface area (Å²) in [6, 6.07) is 5.95. The zero-order valence-corrected chi connectivity index (χ0v) is 7.64. The topological polar surface area (TPSA) is 16.1 Å². The van der Waals surface area contributed by atoms with Crippen molar-refractivity contribution in [2.75, 3.05) is 11.4 Å². The Morgan fingerprint density at radius 3 is 3.00 bits per heavy atom. The number of rotatable bonds is 1. The second-order valence-corrected chi connectivity index (χ2v) is 3.12. The van der Waals surface area contributed by atoms with E-state index >= 15 is 0 Å². The molecule has 66 valence electrons. The fourth-order valence-electron chi connectivity index (χ4n) is 1.38. The summed E-state index contributed by atoms with van der Waals surface area (Å²) < 4.78 is 0. The Hall–Kier alpha value is -1.57. The van der Waals surface area contributed by atoms with Gasteiger partial charge in [0.25, 0.3) is 0 Å². The molecule has 1 aromatic rings. The third-order valence-corrected chi connectivity index (χ3v) is 1.99. The predicted octanol–water partition coefficient (Wildman–Crippen LogP) is 2.36. The van der Waals surface area contributed by atoms with E-state index in [1.54, 1.807) is 0 Å². The minimum atomic E-state index is 0.911. The van der Waals surface area contributed by atoms with Crippen molar-refractivity contribution in [2.24, 2.45) is 0 Å². The van der Waals surface area contributed by atoms with E-state index in [2.05, 4.69) is 35.2 Å². The summed E-state index contributed by atoms with van der Waals surface area (Å²) in [5.74, 6) is 1.01. The third kappa shape index (κ3) is 1.78. The Kier molecular flexibility index (Phi) is 2.13. The smallest absolute Gasteiger partial charge is 0.132 e. The Bertz CT molecular complexity index is 338. The monoisotopic (exact) mass is 172 g/mol. The average molecular weight is 172 g/mol. The molecule has 0 spiro atoms. The van der Waals surface area contributed by atoms with Gasteiger partial charge in [-0.1, -0.05) is 18.2 Å². The number of aromatic nitrogens is 1. The van der Waals surface area contributed by atoms with Crippen LogP contribution in [0.5, 0.6) is 0 Å². The number of hydrogen-bond donors (Lipinski definition) is 0. The van der Waals surface area contributed by atoms with Crippen molar-refractivity contribution < 1.29 is 0 Å². The number of nitrogens with zero attached hydrogens (tertiary/aromatic N) is 2. The van der Waals surface area contributed by atoms with Crippen molar-refractivity contribution in [2.45, 2.75) is 6.92 Å². The summed E-state index contributed by atoms with van der Waals surface area (Å²) in [6.45, 7) is 3.00. The van der Waals surface area contributed by atoms with E-state index in [1.807, 2.05) is 24.4 Å². The molecule has 2 heterocycles.